The van der Waals surface area contributed by atoms with Crippen molar-refractivity contribution >= 4 is 23.4 Å². The zero-order valence-electron chi connectivity index (χ0n) is 11.6. The summed E-state index contributed by atoms with van der Waals surface area (Å²) >= 11 is 1.54. The van der Waals surface area contributed by atoms with Crippen LogP contribution in [0.15, 0.2) is 11.2 Å². The van der Waals surface area contributed by atoms with E-state index in [2.05, 4.69) is 20.2 Å². The maximum Gasteiger partial charge on any atom is 0.191 e. The monoisotopic (exact) mass is 282 g/mol. The van der Waals surface area contributed by atoms with Crippen LogP contribution in [0.4, 0.5) is 11.6 Å². The van der Waals surface area contributed by atoms with Crippen molar-refractivity contribution in [2.24, 2.45) is 0 Å². The summed E-state index contributed by atoms with van der Waals surface area (Å²) in [6.07, 6.45) is 6.89. The van der Waals surface area contributed by atoms with Gasteiger partial charge in [-0.25, -0.2) is 9.97 Å². The quantitative estimate of drug-likeness (QED) is 0.614. The average Bonchev–Trinajstić information content (AvgIpc) is 2.97. The van der Waals surface area contributed by atoms with Gasteiger partial charge < -0.3 is 15.3 Å². The van der Waals surface area contributed by atoms with Crippen molar-refractivity contribution in [3.8, 4) is 0 Å². The topological polar surface area (TPSA) is 61.3 Å². The number of hydrogen-bond acceptors (Lipinski definition) is 6. The Morgan fingerprint density at radius 1 is 1.42 bits per heavy atom. The highest BCUT2D eigenvalue weighted by Gasteiger charge is 2.24. The lowest BCUT2D eigenvalue weighted by atomic mass is 10.2. The fourth-order valence-electron chi connectivity index (χ4n) is 2.59. The molecular weight excluding hydrogens is 260 g/mol. The van der Waals surface area contributed by atoms with E-state index in [0.29, 0.717) is 12.6 Å². The molecule has 6 heteroatoms. The smallest absolute Gasteiger partial charge is 0.191 e. The van der Waals surface area contributed by atoms with Crippen LogP contribution in [0.25, 0.3) is 0 Å². The number of nitrogens with zero attached hydrogens (tertiary/aromatic N) is 3. The van der Waals surface area contributed by atoms with Crippen molar-refractivity contribution in [2.75, 3.05) is 36.7 Å². The Balaban J connectivity index is 2.28. The first-order valence-electron chi connectivity index (χ1n) is 6.76. The van der Waals surface area contributed by atoms with Crippen LogP contribution in [0.2, 0.25) is 0 Å². The lowest BCUT2D eigenvalue weighted by Gasteiger charge is -2.29. The molecule has 0 aliphatic heterocycles. The van der Waals surface area contributed by atoms with Gasteiger partial charge in [-0.3, -0.25) is 0 Å². The van der Waals surface area contributed by atoms with Gasteiger partial charge in [0.2, 0.25) is 0 Å². The zero-order chi connectivity index (χ0) is 13.7. The number of hydrogen-bond donors (Lipinski definition) is 2. The molecule has 1 aliphatic carbocycles. The van der Waals surface area contributed by atoms with Crippen molar-refractivity contribution in [1.29, 1.82) is 0 Å². The van der Waals surface area contributed by atoms with E-state index in [4.69, 9.17) is 0 Å². The molecule has 1 aliphatic rings. The summed E-state index contributed by atoms with van der Waals surface area (Å²) in [5, 5.41) is 13.1. The molecule has 1 fully saturated rings. The van der Waals surface area contributed by atoms with Gasteiger partial charge in [0.25, 0.3) is 0 Å². The average molecular weight is 282 g/mol. The molecule has 1 saturated carbocycles. The van der Waals surface area contributed by atoms with Crippen LogP contribution in [0.1, 0.15) is 25.7 Å². The SMILES string of the molecule is CNc1cc(N(CCO)C2CCCC2)nc(SC)n1. The molecule has 1 heterocycles. The van der Waals surface area contributed by atoms with Crippen molar-refractivity contribution in [1.82, 2.24) is 9.97 Å². The molecule has 0 saturated heterocycles. The first-order chi connectivity index (χ1) is 9.28. The summed E-state index contributed by atoms with van der Waals surface area (Å²) in [4.78, 5) is 11.2. The van der Waals surface area contributed by atoms with Crippen LogP contribution in [-0.2, 0) is 0 Å². The Kier molecular flexibility index (Phi) is 5.27. The normalized spacial score (nSPS) is 15.7. The van der Waals surface area contributed by atoms with E-state index in [0.717, 1.165) is 16.8 Å². The third-order valence-electron chi connectivity index (χ3n) is 3.53. The van der Waals surface area contributed by atoms with E-state index in [-0.39, 0.29) is 6.61 Å². The highest BCUT2D eigenvalue weighted by molar-refractivity contribution is 7.98. The van der Waals surface area contributed by atoms with Gasteiger partial charge in [0.05, 0.1) is 6.61 Å². The van der Waals surface area contributed by atoms with Gasteiger partial charge in [0, 0.05) is 25.7 Å². The second-order valence-electron chi connectivity index (χ2n) is 4.70. The van der Waals surface area contributed by atoms with E-state index in [1.165, 1.54) is 37.4 Å². The summed E-state index contributed by atoms with van der Waals surface area (Å²) in [5.74, 6) is 1.75. The van der Waals surface area contributed by atoms with Gasteiger partial charge in [0.1, 0.15) is 11.6 Å². The molecule has 0 spiro atoms. The molecule has 2 rings (SSSR count). The maximum atomic E-state index is 9.31. The van der Waals surface area contributed by atoms with Gasteiger partial charge in [-0.15, -0.1) is 0 Å². The maximum absolute atomic E-state index is 9.31. The van der Waals surface area contributed by atoms with Crippen LogP contribution in [0.3, 0.4) is 0 Å². The first-order valence-corrected chi connectivity index (χ1v) is 7.99. The summed E-state index contributed by atoms with van der Waals surface area (Å²) in [6, 6.07) is 2.47. The Morgan fingerprint density at radius 2 is 2.16 bits per heavy atom. The van der Waals surface area contributed by atoms with Crippen LogP contribution in [0, 0.1) is 0 Å². The summed E-state index contributed by atoms with van der Waals surface area (Å²) in [6.45, 7) is 0.794. The van der Waals surface area contributed by atoms with Gasteiger partial charge in [-0.2, -0.15) is 0 Å². The molecule has 2 N–H and O–H groups in total. The third-order valence-corrected chi connectivity index (χ3v) is 4.08. The zero-order valence-corrected chi connectivity index (χ0v) is 12.4. The Labute approximate surface area is 118 Å². The summed E-state index contributed by atoms with van der Waals surface area (Å²) < 4.78 is 0. The van der Waals surface area contributed by atoms with Crippen molar-refractivity contribution in [3.05, 3.63) is 6.07 Å². The fourth-order valence-corrected chi connectivity index (χ4v) is 2.96. The highest BCUT2D eigenvalue weighted by atomic mass is 32.2. The number of aliphatic hydroxyl groups is 1. The molecule has 5 nitrogen and oxygen atoms in total. The minimum Gasteiger partial charge on any atom is -0.395 e. The van der Waals surface area contributed by atoms with Gasteiger partial charge in [0.15, 0.2) is 5.16 Å². The van der Waals surface area contributed by atoms with Crippen LogP contribution in [0.5, 0.6) is 0 Å². The van der Waals surface area contributed by atoms with Gasteiger partial charge in [-0.05, 0) is 19.1 Å². The van der Waals surface area contributed by atoms with E-state index < -0.39 is 0 Å². The minimum absolute atomic E-state index is 0.157. The third kappa shape index (κ3) is 3.51. The van der Waals surface area contributed by atoms with Crippen molar-refractivity contribution < 1.29 is 5.11 Å². The lowest BCUT2D eigenvalue weighted by Crippen LogP contribution is -2.36. The van der Waals surface area contributed by atoms with Crippen LogP contribution >= 0.6 is 11.8 Å². The number of aliphatic hydroxyl groups excluding tert-OH is 1. The molecule has 0 amide bonds. The van der Waals surface area contributed by atoms with Gasteiger partial charge in [-0.1, -0.05) is 24.6 Å². The Bertz CT molecular complexity index is 387. The standard InChI is InChI=1S/C13H22N4OS/c1-14-11-9-12(16-13(15-11)19-2)17(7-8-18)10-5-3-4-6-10/h9-10,18H,3-8H2,1-2H3,(H,14,15,16). The molecular formula is C13H22N4OS. The van der Waals surface area contributed by atoms with Crippen LogP contribution in [-0.4, -0.2) is 47.6 Å². The minimum atomic E-state index is 0.157. The van der Waals surface area contributed by atoms with Gasteiger partial charge >= 0.3 is 0 Å². The largest absolute Gasteiger partial charge is 0.395 e. The Hall–Kier alpha value is -1.01. The van der Waals surface area contributed by atoms with Crippen molar-refractivity contribution in [3.63, 3.8) is 0 Å². The lowest BCUT2D eigenvalue weighted by molar-refractivity contribution is 0.296. The number of aromatic nitrogens is 2. The van der Waals surface area contributed by atoms with Crippen molar-refractivity contribution in [2.45, 2.75) is 36.9 Å². The number of nitrogens with one attached hydrogen (secondary N) is 1. The molecule has 0 bridgehead atoms. The van der Waals surface area contributed by atoms with E-state index in [9.17, 15) is 5.11 Å². The molecule has 106 valence electrons. The van der Waals surface area contributed by atoms with E-state index >= 15 is 0 Å². The molecule has 0 radical (unpaired) electrons. The molecule has 19 heavy (non-hydrogen) atoms. The molecule has 0 aromatic carbocycles. The molecule has 0 atom stereocenters. The molecule has 0 unspecified atom stereocenters. The predicted molar refractivity (Wildman–Crippen MR) is 80.0 cm³/mol. The predicted octanol–water partition coefficient (Wildman–Crippen LogP) is 1.98. The second-order valence-corrected chi connectivity index (χ2v) is 5.48. The summed E-state index contributed by atoms with van der Waals surface area (Å²) in [7, 11) is 1.86. The van der Waals surface area contributed by atoms with Crippen LogP contribution < -0.4 is 10.2 Å². The molecule has 1 aromatic rings. The van der Waals surface area contributed by atoms with E-state index in [1.807, 2.05) is 19.4 Å². The van der Waals surface area contributed by atoms with E-state index in [1.54, 1.807) is 0 Å². The highest BCUT2D eigenvalue weighted by Crippen LogP contribution is 2.29. The Morgan fingerprint density at radius 3 is 2.74 bits per heavy atom. The first kappa shape index (κ1) is 14.4. The number of rotatable bonds is 6. The fraction of sp³-hybridized carbons (Fsp3) is 0.692. The molecule has 1 aromatic heterocycles. The number of anilines is 2. The summed E-state index contributed by atoms with van der Waals surface area (Å²) in [5.41, 5.74) is 0. The number of thioether (sulfide) groups is 1. The second kappa shape index (κ2) is 6.96.